The van der Waals surface area contributed by atoms with Gasteiger partial charge in [0, 0.05) is 26.0 Å². The molecule has 1 heterocycles. The number of benzene rings is 1. The fourth-order valence-corrected chi connectivity index (χ4v) is 1.81. The lowest BCUT2D eigenvalue weighted by Crippen LogP contribution is -2.30. The minimum atomic E-state index is -0.0525. The average molecular weight is 270 g/mol. The Morgan fingerprint density at radius 3 is 2.70 bits per heavy atom. The molecule has 0 saturated carbocycles. The summed E-state index contributed by atoms with van der Waals surface area (Å²) in [5.41, 5.74) is 2.16. The number of hydrogen-bond donors (Lipinski definition) is 0. The van der Waals surface area contributed by atoms with E-state index in [0.29, 0.717) is 6.54 Å². The lowest BCUT2D eigenvalue weighted by atomic mass is 10.2. The highest BCUT2D eigenvalue weighted by atomic mass is 16.5. The minimum absolute atomic E-state index is 0.0467. The summed E-state index contributed by atoms with van der Waals surface area (Å²) in [7, 11) is 1.77. The highest BCUT2D eigenvalue weighted by Gasteiger charge is 2.10. The molecule has 0 unspecified atom stereocenters. The van der Waals surface area contributed by atoms with Crippen LogP contribution in [0.25, 0.3) is 0 Å². The van der Waals surface area contributed by atoms with Gasteiger partial charge < -0.3 is 9.64 Å². The predicted molar refractivity (Wildman–Crippen MR) is 77.4 cm³/mol. The molecule has 1 aromatic heterocycles. The Hall–Kier alpha value is -2.36. The largest absolute Gasteiger partial charge is 0.484 e. The standard InChI is InChI=1S/C16H18N2O2/c1-13-4-3-5-15(10-13)20-12-16(19)18(2)11-14-6-8-17-9-7-14/h3-10H,11-12H2,1-2H3. The molecular formula is C16H18N2O2. The Morgan fingerprint density at radius 1 is 1.25 bits per heavy atom. The van der Waals surface area contributed by atoms with Gasteiger partial charge in [0.05, 0.1) is 0 Å². The first-order chi connectivity index (χ1) is 9.65. The van der Waals surface area contributed by atoms with E-state index in [1.54, 1.807) is 24.3 Å². The topological polar surface area (TPSA) is 42.4 Å². The average Bonchev–Trinajstić information content (AvgIpc) is 2.46. The Balaban J connectivity index is 1.85. The van der Waals surface area contributed by atoms with Crippen LogP contribution in [0.15, 0.2) is 48.8 Å². The zero-order valence-electron chi connectivity index (χ0n) is 11.7. The molecule has 4 heteroatoms. The molecule has 0 aliphatic rings. The lowest BCUT2D eigenvalue weighted by molar-refractivity contribution is -0.132. The van der Waals surface area contributed by atoms with Crippen LogP contribution < -0.4 is 4.74 Å². The number of pyridine rings is 1. The van der Waals surface area contributed by atoms with Crippen LogP contribution in [0.5, 0.6) is 5.75 Å². The fraction of sp³-hybridized carbons (Fsp3) is 0.250. The highest BCUT2D eigenvalue weighted by Crippen LogP contribution is 2.12. The predicted octanol–water partition coefficient (Wildman–Crippen LogP) is 2.43. The number of likely N-dealkylation sites (N-methyl/N-ethyl adjacent to an activating group) is 1. The van der Waals surface area contributed by atoms with Gasteiger partial charge in [-0.05, 0) is 42.3 Å². The van der Waals surface area contributed by atoms with Crippen molar-refractivity contribution in [2.24, 2.45) is 0 Å². The van der Waals surface area contributed by atoms with E-state index >= 15 is 0 Å². The van der Waals surface area contributed by atoms with Crippen molar-refractivity contribution >= 4 is 5.91 Å². The number of hydrogen-bond acceptors (Lipinski definition) is 3. The van der Waals surface area contributed by atoms with Crippen LogP contribution in [0.1, 0.15) is 11.1 Å². The van der Waals surface area contributed by atoms with Gasteiger partial charge >= 0.3 is 0 Å². The van der Waals surface area contributed by atoms with Crippen molar-refractivity contribution in [1.82, 2.24) is 9.88 Å². The molecule has 0 atom stereocenters. The summed E-state index contributed by atoms with van der Waals surface area (Å²) in [6, 6.07) is 11.5. The first-order valence-electron chi connectivity index (χ1n) is 6.47. The summed E-state index contributed by atoms with van der Waals surface area (Å²) in [4.78, 5) is 17.6. The summed E-state index contributed by atoms with van der Waals surface area (Å²) in [6.45, 7) is 2.59. The summed E-state index contributed by atoms with van der Waals surface area (Å²) in [6.07, 6.45) is 3.44. The molecule has 0 fully saturated rings. The van der Waals surface area contributed by atoms with Crippen molar-refractivity contribution in [2.75, 3.05) is 13.7 Å². The molecule has 0 saturated heterocycles. The first-order valence-corrected chi connectivity index (χ1v) is 6.47. The fourth-order valence-electron chi connectivity index (χ4n) is 1.81. The number of aromatic nitrogens is 1. The zero-order chi connectivity index (χ0) is 14.4. The number of rotatable bonds is 5. The van der Waals surface area contributed by atoms with E-state index in [1.165, 1.54) is 0 Å². The molecule has 1 amide bonds. The maximum atomic E-state index is 12.0. The molecule has 0 aliphatic carbocycles. The van der Waals surface area contributed by atoms with Gasteiger partial charge in [0.25, 0.3) is 5.91 Å². The summed E-state index contributed by atoms with van der Waals surface area (Å²) in [5.74, 6) is 0.666. The molecule has 0 aliphatic heterocycles. The number of amides is 1. The molecule has 0 spiro atoms. The quantitative estimate of drug-likeness (QED) is 0.838. The SMILES string of the molecule is Cc1cccc(OCC(=O)N(C)Cc2ccncc2)c1. The van der Waals surface area contributed by atoms with Crippen LogP contribution >= 0.6 is 0 Å². The third kappa shape index (κ3) is 4.09. The zero-order valence-corrected chi connectivity index (χ0v) is 11.7. The van der Waals surface area contributed by atoms with E-state index in [2.05, 4.69) is 4.98 Å². The van der Waals surface area contributed by atoms with Gasteiger partial charge in [-0.2, -0.15) is 0 Å². The van der Waals surface area contributed by atoms with Crippen molar-refractivity contribution in [1.29, 1.82) is 0 Å². The van der Waals surface area contributed by atoms with E-state index in [4.69, 9.17) is 4.74 Å². The third-order valence-electron chi connectivity index (χ3n) is 2.95. The maximum absolute atomic E-state index is 12.0. The number of nitrogens with zero attached hydrogens (tertiary/aromatic N) is 2. The van der Waals surface area contributed by atoms with Crippen LogP contribution in [0, 0.1) is 6.92 Å². The van der Waals surface area contributed by atoms with Gasteiger partial charge in [-0.1, -0.05) is 12.1 Å². The van der Waals surface area contributed by atoms with Gasteiger partial charge in [-0.15, -0.1) is 0 Å². The molecule has 0 radical (unpaired) electrons. The van der Waals surface area contributed by atoms with Gasteiger partial charge in [0.2, 0.25) is 0 Å². The summed E-state index contributed by atoms with van der Waals surface area (Å²) < 4.78 is 5.50. The molecule has 2 aromatic rings. The van der Waals surface area contributed by atoms with Crippen molar-refractivity contribution < 1.29 is 9.53 Å². The summed E-state index contributed by atoms with van der Waals surface area (Å²) >= 11 is 0. The number of carbonyl (C=O) groups is 1. The number of carbonyl (C=O) groups excluding carboxylic acids is 1. The van der Waals surface area contributed by atoms with Gasteiger partial charge in [-0.25, -0.2) is 0 Å². The van der Waals surface area contributed by atoms with E-state index in [1.807, 2.05) is 43.3 Å². The minimum Gasteiger partial charge on any atom is -0.484 e. The molecule has 0 bridgehead atoms. The molecule has 1 aromatic carbocycles. The van der Waals surface area contributed by atoms with E-state index in [0.717, 1.165) is 16.9 Å². The first kappa shape index (κ1) is 14.1. The Morgan fingerprint density at radius 2 is 2.00 bits per heavy atom. The van der Waals surface area contributed by atoms with Gasteiger partial charge in [0.15, 0.2) is 6.61 Å². The van der Waals surface area contributed by atoms with Crippen LogP contribution in [0.2, 0.25) is 0 Å². The van der Waals surface area contributed by atoms with Gasteiger partial charge in [-0.3, -0.25) is 9.78 Å². The smallest absolute Gasteiger partial charge is 0.260 e. The van der Waals surface area contributed by atoms with Crippen LogP contribution in [0.4, 0.5) is 0 Å². The van der Waals surface area contributed by atoms with Gasteiger partial charge in [0.1, 0.15) is 5.75 Å². The van der Waals surface area contributed by atoms with Crippen LogP contribution in [-0.4, -0.2) is 29.4 Å². The van der Waals surface area contributed by atoms with E-state index in [-0.39, 0.29) is 12.5 Å². The molecular weight excluding hydrogens is 252 g/mol. The number of ether oxygens (including phenoxy) is 1. The highest BCUT2D eigenvalue weighted by molar-refractivity contribution is 5.77. The van der Waals surface area contributed by atoms with Crippen LogP contribution in [-0.2, 0) is 11.3 Å². The van der Waals surface area contributed by atoms with Crippen LogP contribution in [0.3, 0.4) is 0 Å². The Bertz CT molecular complexity index is 570. The molecule has 0 N–H and O–H groups in total. The third-order valence-corrected chi connectivity index (χ3v) is 2.95. The second kappa shape index (κ2) is 6.70. The second-order valence-corrected chi connectivity index (χ2v) is 4.71. The molecule has 104 valence electrons. The molecule has 20 heavy (non-hydrogen) atoms. The Labute approximate surface area is 119 Å². The number of aryl methyl sites for hydroxylation is 1. The van der Waals surface area contributed by atoms with Crippen molar-refractivity contribution in [3.05, 3.63) is 59.9 Å². The Kier molecular flexibility index (Phi) is 4.71. The summed E-state index contributed by atoms with van der Waals surface area (Å²) in [5, 5.41) is 0. The normalized spacial score (nSPS) is 10.1. The van der Waals surface area contributed by atoms with E-state index in [9.17, 15) is 4.79 Å². The van der Waals surface area contributed by atoms with Crippen molar-refractivity contribution in [2.45, 2.75) is 13.5 Å². The van der Waals surface area contributed by atoms with E-state index < -0.39 is 0 Å². The van der Waals surface area contributed by atoms with Crippen molar-refractivity contribution in [3.63, 3.8) is 0 Å². The van der Waals surface area contributed by atoms with Crippen molar-refractivity contribution in [3.8, 4) is 5.75 Å². The maximum Gasteiger partial charge on any atom is 0.260 e. The second-order valence-electron chi connectivity index (χ2n) is 4.71. The molecule has 2 rings (SSSR count). The molecule has 4 nitrogen and oxygen atoms in total. The monoisotopic (exact) mass is 270 g/mol. The lowest BCUT2D eigenvalue weighted by Gasteiger charge is -2.17.